The van der Waals surface area contributed by atoms with Gasteiger partial charge in [-0.3, -0.25) is 4.90 Å². The maximum atomic E-state index is 11.5. The second-order valence-electron chi connectivity index (χ2n) is 9.86. The van der Waals surface area contributed by atoms with Crippen molar-refractivity contribution in [3.63, 3.8) is 0 Å². The summed E-state index contributed by atoms with van der Waals surface area (Å²) in [5, 5.41) is 0. The maximum absolute atomic E-state index is 11.5. The molecule has 2 fully saturated rings. The van der Waals surface area contributed by atoms with Crippen molar-refractivity contribution in [1.82, 2.24) is 4.90 Å². The van der Waals surface area contributed by atoms with Gasteiger partial charge in [0.25, 0.3) is 0 Å². The summed E-state index contributed by atoms with van der Waals surface area (Å²) in [6, 6.07) is 14.4. The van der Waals surface area contributed by atoms with Crippen LogP contribution in [-0.2, 0) is 22.0 Å². The molecule has 5 rings (SSSR count). The van der Waals surface area contributed by atoms with Crippen LogP contribution in [0.25, 0.3) is 11.1 Å². The van der Waals surface area contributed by atoms with E-state index in [1.54, 1.807) is 0 Å². The first-order chi connectivity index (χ1) is 14.2. The zero-order chi connectivity index (χ0) is 21.0. The van der Waals surface area contributed by atoms with Crippen molar-refractivity contribution in [3.05, 3.63) is 53.6 Å². The van der Waals surface area contributed by atoms with Gasteiger partial charge in [-0.15, -0.1) is 0 Å². The molecule has 0 aromatic heterocycles. The largest absolute Gasteiger partial charge is 0.487 e. The molecule has 1 spiro atoms. The summed E-state index contributed by atoms with van der Waals surface area (Å²) in [7, 11) is -3.01. The molecule has 0 bridgehead atoms. The van der Waals surface area contributed by atoms with Crippen molar-refractivity contribution < 1.29 is 13.2 Å². The third-order valence-corrected chi connectivity index (χ3v) is 8.22. The molecule has 2 aliphatic heterocycles. The van der Waals surface area contributed by atoms with E-state index in [2.05, 4.69) is 30.0 Å². The number of ether oxygens (including phenoxy) is 1. The quantitative estimate of drug-likeness (QED) is 0.718. The second-order valence-corrected chi connectivity index (χ2v) is 12.0. The first-order valence-corrected chi connectivity index (χ1v) is 13.1. The average Bonchev–Trinajstić information content (AvgIpc) is 3.46. The Kier molecular flexibility index (Phi) is 4.75. The first-order valence-electron chi connectivity index (χ1n) is 11.1. The number of fused-ring (bicyclic) bond motifs is 1. The molecule has 0 unspecified atom stereocenters. The van der Waals surface area contributed by atoms with Crippen molar-refractivity contribution in [2.24, 2.45) is 0 Å². The van der Waals surface area contributed by atoms with E-state index < -0.39 is 9.84 Å². The zero-order valence-corrected chi connectivity index (χ0v) is 18.8. The summed E-state index contributed by atoms with van der Waals surface area (Å²) in [4.78, 5) is 2.67. The molecule has 2 aromatic rings. The highest BCUT2D eigenvalue weighted by molar-refractivity contribution is 7.89. The lowest BCUT2D eigenvalue weighted by Gasteiger charge is -2.46. The summed E-state index contributed by atoms with van der Waals surface area (Å²) < 4.78 is 29.6. The summed E-state index contributed by atoms with van der Waals surface area (Å²) in [6.07, 6.45) is 8.39. The van der Waals surface area contributed by atoms with Gasteiger partial charge in [0.15, 0.2) is 9.84 Å². The normalized spacial score (nSPS) is 22.3. The lowest BCUT2D eigenvalue weighted by atomic mass is 9.82. The van der Waals surface area contributed by atoms with Crippen LogP contribution in [0, 0.1) is 0 Å². The maximum Gasteiger partial charge on any atom is 0.151 e. The Morgan fingerprint density at radius 3 is 2.23 bits per heavy atom. The molecular weight excluding hydrogens is 394 g/mol. The monoisotopic (exact) mass is 425 g/mol. The third-order valence-electron chi connectivity index (χ3n) is 7.36. The number of sulfone groups is 1. The fourth-order valence-electron chi connectivity index (χ4n) is 5.10. The highest BCUT2D eigenvalue weighted by Gasteiger charge is 2.48. The molecule has 0 atom stereocenters. The number of aryl methyl sites for hydroxylation is 1. The predicted molar refractivity (Wildman–Crippen MR) is 121 cm³/mol. The number of rotatable bonds is 4. The van der Waals surface area contributed by atoms with Crippen molar-refractivity contribution in [3.8, 4) is 16.9 Å². The van der Waals surface area contributed by atoms with Crippen LogP contribution in [0.15, 0.2) is 42.5 Å². The highest BCUT2D eigenvalue weighted by Crippen LogP contribution is 2.46. The van der Waals surface area contributed by atoms with Crippen molar-refractivity contribution >= 4 is 9.84 Å². The minimum Gasteiger partial charge on any atom is -0.487 e. The van der Waals surface area contributed by atoms with Gasteiger partial charge in [0.2, 0.25) is 0 Å². The molecule has 1 saturated carbocycles. The molecule has 4 nitrogen and oxygen atoms in total. The van der Waals surface area contributed by atoms with Crippen LogP contribution >= 0.6 is 0 Å². The van der Waals surface area contributed by atoms with Crippen LogP contribution in [0.2, 0.25) is 0 Å². The SMILES string of the molecule is CC1(N2CCC3(CCc4cc(-c5ccc(CS(C)(=O)=O)cc5)ccc4O3)CC2)CC1. The van der Waals surface area contributed by atoms with E-state index in [4.69, 9.17) is 4.74 Å². The minimum atomic E-state index is -3.01. The number of nitrogens with zero attached hydrogens (tertiary/aromatic N) is 1. The average molecular weight is 426 g/mol. The molecule has 2 heterocycles. The van der Waals surface area contributed by atoms with Gasteiger partial charge in [-0.05, 0) is 79.8 Å². The zero-order valence-electron chi connectivity index (χ0n) is 18.0. The van der Waals surface area contributed by atoms with Crippen molar-refractivity contribution in [1.29, 1.82) is 0 Å². The molecule has 2 aromatic carbocycles. The van der Waals surface area contributed by atoms with E-state index in [0.29, 0.717) is 5.54 Å². The van der Waals surface area contributed by atoms with E-state index in [1.807, 2.05) is 24.3 Å². The van der Waals surface area contributed by atoms with E-state index in [1.165, 1.54) is 24.7 Å². The molecule has 1 aliphatic carbocycles. The molecule has 5 heteroatoms. The van der Waals surface area contributed by atoms with E-state index >= 15 is 0 Å². The highest BCUT2D eigenvalue weighted by atomic mass is 32.2. The fourth-order valence-corrected chi connectivity index (χ4v) is 5.90. The van der Waals surface area contributed by atoms with Gasteiger partial charge in [0, 0.05) is 24.9 Å². The van der Waals surface area contributed by atoms with Crippen LogP contribution in [0.1, 0.15) is 50.2 Å². The minimum absolute atomic E-state index is 0.0174. The lowest BCUT2D eigenvalue weighted by Crippen LogP contribution is -2.52. The van der Waals surface area contributed by atoms with Crippen molar-refractivity contribution in [2.75, 3.05) is 19.3 Å². The van der Waals surface area contributed by atoms with Crippen LogP contribution in [0.5, 0.6) is 5.75 Å². The molecule has 0 radical (unpaired) electrons. The smallest absolute Gasteiger partial charge is 0.151 e. The van der Waals surface area contributed by atoms with Crippen molar-refractivity contribution in [2.45, 2.75) is 62.3 Å². The summed E-state index contributed by atoms with van der Waals surface area (Å²) in [6.45, 7) is 4.71. The van der Waals surface area contributed by atoms with Gasteiger partial charge in [-0.25, -0.2) is 8.42 Å². The van der Waals surface area contributed by atoms with Gasteiger partial charge in [-0.2, -0.15) is 0 Å². The molecule has 160 valence electrons. The molecule has 0 N–H and O–H groups in total. The van der Waals surface area contributed by atoms with Crippen LogP contribution in [-0.4, -0.2) is 43.8 Å². The van der Waals surface area contributed by atoms with Gasteiger partial charge < -0.3 is 4.74 Å². The van der Waals surface area contributed by atoms with Gasteiger partial charge in [0.1, 0.15) is 11.4 Å². The third kappa shape index (κ3) is 4.02. The molecular formula is C25H31NO3S. The van der Waals surface area contributed by atoms with Gasteiger partial charge >= 0.3 is 0 Å². The summed E-state index contributed by atoms with van der Waals surface area (Å²) in [5.74, 6) is 1.13. The van der Waals surface area contributed by atoms with Crippen LogP contribution < -0.4 is 4.74 Å². The number of piperidine rings is 1. The van der Waals surface area contributed by atoms with Gasteiger partial charge in [0.05, 0.1) is 5.75 Å². The van der Waals surface area contributed by atoms with E-state index in [9.17, 15) is 8.42 Å². The second kappa shape index (κ2) is 7.10. The lowest BCUT2D eigenvalue weighted by molar-refractivity contribution is -0.0261. The topological polar surface area (TPSA) is 46.6 Å². The first kappa shape index (κ1) is 20.1. The summed E-state index contributed by atoms with van der Waals surface area (Å²) in [5.41, 5.74) is 4.88. The predicted octanol–water partition coefficient (Wildman–Crippen LogP) is 4.61. The molecule has 0 amide bonds. The Labute approximate surface area is 180 Å². The molecule has 30 heavy (non-hydrogen) atoms. The Morgan fingerprint density at radius 1 is 0.933 bits per heavy atom. The Bertz CT molecular complexity index is 1050. The number of benzene rings is 2. The molecule has 1 saturated heterocycles. The number of hydrogen-bond donors (Lipinski definition) is 0. The number of likely N-dealkylation sites (tertiary alicyclic amines) is 1. The van der Waals surface area contributed by atoms with Gasteiger partial charge in [-0.1, -0.05) is 30.3 Å². The van der Waals surface area contributed by atoms with Crippen LogP contribution in [0.4, 0.5) is 0 Å². The fraction of sp³-hybridized carbons (Fsp3) is 0.520. The standard InChI is InChI=1S/C25H31NO3S/c1-24(11-12-24)26-15-13-25(14-16-26)10-9-22-17-21(7-8-23(22)29-25)20-5-3-19(4-6-20)18-30(2,27)28/h3-8,17H,9-16,18H2,1-2H3. The summed E-state index contributed by atoms with van der Waals surface area (Å²) >= 11 is 0. The van der Waals surface area contributed by atoms with E-state index in [0.717, 1.165) is 61.2 Å². The Balaban J connectivity index is 1.29. The number of hydrogen-bond acceptors (Lipinski definition) is 4. The van der Waals surface area contributed by atoms with E-state index in [-0.39, 0.29) is 11.4 Å². The van der Waals surface area contributed by atoms with Crippen LogP contribution in [0.3, 0.4) is 0 Å². The Morgan fingerprint density at radius 2 is 1.60 bits per heavy atom. The Hall–Kier alpha value is -1.85. The molecule has 3 aliphatic rings.